The second-order valence-corrected chi connectivity index (χ2v) is 7.33. The van der Waals surface area contributed by atoms with Gasteiger partial charge in [0.15, 0.2) is 0 Å². The number of rotatable bonds is 8. The summed E-state index contributed by atoms with van der Waals surface area (Å²) in [4.78, 5) is 16.9. The lowest BCUT2D eigenvalue weighted by Crippen LogP contribution is -2.28. The third-order valence-corrected chi connectivity index (χ3v) is 5.23. The number of aryl methyl sites for hydroxylation is 3. The molecule has 3 aromatic rings. The van der Waals surface area contributed by atoms with Crippen LogP contribution in [0.1, 0.15) is 32.9 Å². The number of carbonyl (C=O) groups excluding carboxylic acids is 1. The maximum Gasteiger partial charge on any atom is 0.254 e. The van der Waals surface area contributed by atoms with E-state index in [1.165, 1.54) is 11.8 Å². The van der Waals surface area contributed by atoms with Crippen LogP contribution in [0.4, 0.5) is 0 Å². The summed E-state index contributed by atoms with van der Waals surface area (Å²) in [6.07, 6.45) is 1.69. The van der Waals surface area contributed by atoms with Crippen molar-refractivity contribution >= 4 is 17.7 Å². The van der Waals surface area contributed by atoms with Gasteiger partial charge in [-0.2, -0.15) is 0 Å². The Kier molecular flexibility index (Phi) is 6.71. The van der Waals surface area contributed by atoms with E-state index in [4.69, 9.17) is 9.26 Å². The van der Waals surface area contributed by atoms with E-state index in [2.05, 4.69) is 15.5 Å². The summed E-state index contributed by atoms with van der Waals surface area (Å²) in [5.74, 6) is 2.07. The number of nitrogens with zero attached hydrogens (tertiary/aromatic N) is 2. The molecular formula is C21H23N3O3S. The van der Waals surface area contributed by atoms with E-state index in [1.54, 1.807) is 18.3 Å². The summed E-state index contributed by atoms with van der Waals surface area (Å²) in [5.41, 5.74) is 3.58. The Morgan fingerprint density at radius 3 is 2.82 bits per heavy atom. The zero-order valence-corrected chi connectivity index (χ0v) is 17.0. The zero-order chi connectivity index (χ0) is 19.9. The van der Waals surface area contributed by atoms with Crippen LogP contribution >= 0.6 is 11.8 Å². The summed E-state index contributed by atoms with van der Waals surface area (Å²) < 4.78 is 10.9. The normalized spacial score (nSPS) is 10.7. The number of aromatic nitrogens is 2. The minimum Gasteiger partial charge on any atom is -0.492 e. The highest BCUT2D eigenvalue weighted by atomic mass is 32.2. The molecule has 146 valence electrons. The van der Waals surface area contributed by atoms with Crippen molar-refractivity contribution in [3.05, 3.63) is 70.7 Å². The average Bonchev–Trinajstić information content (AvgIpc) is 3.01. The van der Waals surface area contributed by atoms with E-state index in [0.717, 1.165) is 28.3 Å². The molecule has 6 nitrogen and oxygen atoms in total. The lowest BCUT2D eigenvalue weighted by molar-refractivity contribution is 0.0943. The van der Waals surface area contributed by atoms with E-state index in [1.807, 2.05) is 45.0 Å². The molecule has 28 heavy (non-hydrogen) atoms. The van der Waals surface area contributed by atoms with Crippen LogP contribution in [0.2, 0.25) is 0 Å². The number of ether oxygens (including phenoxy) is 1. The molecule has 0 saturated carbocycles. The van der Waals surface area contributed by atoms with Crippen LogP contribution in [0.5, 0.6) is 5.75 Å². The van der Waals surface area contributed by atoms with Crippen LogP contribution in [0.25, 0.3) is 0 Å². The van der Waals surface area contributed by atoms with Gasteiger partial charge < -0.3 is 14.6 Å². The number of nitrogens with one attached hydrogen (secondary N) is 1. The molecule has 0 saturated heterocycles. The fourth-order valence-corrected chi connectivity index (χ4v) is 3.81. The van der Waals surface area contributed by atoms with Crippen LogP contribution in [-0.4, -0.2) is 29.2 Å². The van der Waals surface area contributed by atoms with Gasteiger partial charge in [-0.05, 0) is 50.6 Å². The smallest absolute Gasteiger partial charge is 0.254 e. The molecule has 0 unspecified atom stereocenters. The molecule has 2 heterocycles. The van der Waals surface area contributed by atoms with Gasteiger partial charge in [0.1, 0.15) is 23.1 Å². The molecule has 3 rings (SSSR count). The van der Waals surface area contributed by atoms with Gasteiger partial charge in [0.2, 0.25) is 0 Å². The number of thioether (sulfide) groups is 1. The highest BCUT2D eigenvalue weighted by Crippen LogP contribution is 2.27. The lowest BCUT2D eigenvalue weighted by atomic mass is 10.2. The topological polar surface area (TPSA) is 77.2 Å². The third kappa shape index (κ3) is 5.13. The van der Waals surface area contributed by atoms with Crippen molar-refractivity contribution in [3.8, 4) is 5.75 Å². The molecule has 1 amide bonds. The third-order valence-electron chi connectivity index (χ3n) is 4.20. The van der Waals surface area contributed by atoms with Gasteiger partial charge in [0.25, 0.3) is 5.91 Å². The first-order valence-electron chi connectivity index (χ1n) is 9.02. The molecule has 1 N–H and O–H groups in total. The van der Waals surface area contributed by atoms with E-state index >= 15 is 0 Å². The highest BCUT2D eigenvalue weighted by Gasteiger charge is 2.15. The first-order chi connectivity index (χ1) is 13.5. The monoisotopic (exact) mass is 397 g/mol. The van der Waals surface area contributed by atoms with Crippen molar-refractivity contribution in [1.29, 1.82) is 0 Å². The van der Waals surface area contributed by atoms with Crippen molar-refractivity contribution in [3.63, 3.8) is 0 Å². The van der Waals surface area contributed by atoms with E-state index in [0.29, 0.717) is 29.5 Å². The highest BCUT2D eigenvalue weighted by molar-refractivity contribution is 7.98. The summed E-state index contributed by atoms with van der Waals surface area (Å²) >= 11 is 1.50. The Hall–Kier alpha value is -2.80. The number of benzene rings is 1. The number of pyridine rings is 1. The van der Waals surface area contributed by atoms with Crippen molar-refractivity contribution in [2.24, 2.45) is 0 Å². The summed E-state index contributed by atoms with van der Waals surface area (Å²) in [7, 11) is 0. The first-order valence-corrected chi connectivity index (χ1v) is 10.0. The quantitative estimate of drug-likeness (QED) is 0.456. The van der Waals surface area contributed by atoms with Gasteiger partial charge in [-0.15, -0.1) is 11.8 Å². The number of hydrogen-bond donors (Lipinski definition) is 1. The molecule has 0 aliphatic heterocycles. The summed E-state index contributed by atoms with van der Waals surface area (Å²) in [6.45, 7) is 6.62. The van der Waals surface area contributed by atoms with E-state index < -0.39 is 0 Å². The second-order valence-electron chi connectivity index (χ2n) is 6.37. The van der Waals surface area contributed by atoms with Crippen LogP contribution < -0.4 is 10.1 Å². The Morgan fingerprint density at radius 1 is 1.21 bits per heavy atom. The molecule has 7 heteroatoms. The van der Waals surface area contributed by atoms with Crippen molar-refractivity contribution in [1.82, 2.24) is 15.5 Å². The van der Waals surface area contributed by atoms with Gasteiger partial charge in [0, 0.05) is 17.5 Å². The van der Waals surface area contributed by atoms with Gasteiger partial charge >= 0.3 is 0 Å². The Balaban J connectivity index is 1.55. The Morgan fingerprint density at radius 2 is 2.07 bits per heavy atom. The minimum atomic E-state index is -0.165. The first kappa shape index (κ1) is 19.9. The van der Waals surface area contributed by atoms with Crippen LogP contribution in [0.3, 0.4) is 0 Å². The van der Waals surface area contributed by atoms with Gasteiger partial charge in [-0.3, -0.25) is 4.79 Å². The molecule has 2 aromatic heterocycles. The van der Waals surface area contributed by atoms with E-state index in [9.17, 15) is 4.79 Å². The molecule has 0 aliphatic rings. The Bertz CT molecular complexity index is 936. The van der Waals surface area contributed by atoms with Crippen molar-refractivity contribution in [2.45, 2.75) is 31.6 Å². The maximum atomic E-state index is 12.6. The fraction of sp³-hybridized carbons (Fsp3) is 0.286. The summed E-state index contributed by atoms with van der Waals surface area (Å²) in [6, 6.07) is 11.4. The van der Waals surface area contributed by atoms with Crippen LogP contribution in [0.15, 0.2) is 52.1 Å². The zero-order valence-electron chi connectivity index (χ0n) is 16.2. The fourth-order valence-electron chi connectivity index (χ4n) is 2.66. The van der Waals surface area contributed by atoms with Crippen molar-refractivity contribution < 1.29 is 14.1 Å². The molecular weight excluding hydrogens is 374 g/mol. The molecule has 0 atom stereocenters. The molecule has 1 aromatic carbocycles. The maximum absolute atomic E-state index is 12.6. The lowest BCUT2D eigenvalue weighted by Gasteiger charge is -2.10. The molecule has 0 aliphatic carbocycles. The van der Waals surface area contributed by atoms with Crippen LogP contribution in [0, 0.1) is 20.8 Å². The standard InChI is InChI=1S/C21H23N3O3S/c1-14-6-4-7-17(12-14)26-11-10-22-20(25)18-8-5-9-23-21(18)28-13-19-15(2)24-27-16(19)3/h4-9,12H,10-11,13H2,1-3H3,(H,22,25). The number of amides is 1. The predicted molar refractivity (Wildman–Crippen MR) is 109 cm³/mol. The minimum absolute atomic E-state index is 0.165. The summed E-state index contributed by atoms with van der Waals surface area (Å²) in [5, 5.41) is 7.54. The van der Waals surface area contributed by atoms with Crippen LogP contribution in [-0.2, 0) is 5.75 Å². The number of carbonyl (C=O) groups is 1. The second kappa shape index (κ2) is 9.41. The van der Waals surface area contributed by atoms with Gasteiger partial charge in [-0.25, -0.2) is 4.98 Å². The predicted octanol–water partition coefficient (Wildman–Crippen LogP) is 4.10. The molecule has 0 radical (unpaired) electrons. The largest absolute Gasteiger partial charge is 0.492 e. The molecule has 0 fully saturated rings. The van der Waals surface area contributed by atoms with Gasteiger partial charge in [-0.1, -0.05) is 17.3 Å². The molecule has 0 spiro atoms. The average molecular weight is 398 g/mol. The number of hydrogen-bond acceptors (Lipinski definition) is 6. The SMILES string of the molecule is Cc1cccc(OCCNC(=O)c2cccnc2SCc2c(C)noc2C)c1. The van der Waals surface area contributed by atoms with E-state index in [-0.39, 0.29) is 5.91 Å². The van der Waals surface area contributed by atoms with Gasteiger partial charge in [0.05, 0.1) is 17.8 Å². The van der Waals surface area contributed by atoms with Crippen molar-refractivity contribution in [2.75, 3.05) is 13.2 Å². The Labute approximate surface area is 168 Å². The molecule has 0 bridgehead atoms.